The van der Waals surface area contributed by atoms with Gasteiger partial charge in [0, 0.05) is 11.6 Å². The lowest BCUT2D eigenvalue weighted by Crippen LogP contribution is -2.21. The van der Waals surface area contributed by atoms with E-state index in [0.29, 0.717) is 18.0 Å². The van der Waals surface area contributed by atoms with E-state index < -0.39 is 11.6 Å². The van der Waals surface area contributed by atoms with E-state index in [2.05, 4.69) is 31.4 Å². The van der Waals surface area contributed by atoms with Crippen molar-refractivity contribution in [3.8, 4) is 11.4 Å². The zero-order valence-electron chi connectivity index (χ0n) is 10.4. The number of rotatable bonds is 4. The molecule has 2 aromatic rings. The summed E-state index contributed by atoms with van der Waals surface area (Å²) < 4.78 is 31.4. The van der Waals surface area contributed by atoms with Crippen molar-refractivity contribution in [3.05, 3.63) is 34.1 Å². The first-order chi connectivity index (χ1) is 8.99. The molecular formula is C12H12BrF2N3O. The highest BCUT2D eigenvalue weighted by atomic mass is 79.9. The Morgan fingerprint density at radius 2 is 2.11 bits per heavy atom. The summed E-state index contributed by atoms with van der Waals surface area (Å²) in [5, 5.41) is 6.87. The number of hydrogen-bond donors (Lipinski definition) is 1. The van der Waals surface area contributed by atoms with E-state index in [1.807, 2.05) is 13.8 Å². The first kappa shape index (κ1) is 14.1. The second kappa shape index (κ2) is 5.75. The molecule has 1 N–H and O–H groups in total. The zero-order valence-corrected chi connectivity index (χ0v) is 12.0. The monoisotopic (exact) mass is 331 g/mol. The van der Waals surface area contributed by atoms with Crippen molar-refractivity contribution in [1.29, 1.82) is 0 Å². The molecule has 102 valence electrons. The maximum absolute atomic E-state index is 13.4. The molecule has 0 radical (unpaired) electrons. The van der Waals surface area contributed by atoms with Gasteiger partial charge in [0.25, 0.3) is 0 Å². The molecule has 0 saturated heterocycles. The van der Waals surface area contributed by atoms with Gasteiger partial charge in [0.05, 0.1) is 11.0 Å². The largest absolute Gasteiger partial charge is 0.338 e. The van der Waals surface area contributed by atoms with Crippen LogP contribution in [0, 0.1) is 11.6 Å². The highest BCUT2D eigenvalue weighted by Gasteiger charge is 2.17. The molecule has 0 aliphatic heterocycles. The van der Waals surface area contributed by atoms with E-state index in [1.54, 1.807) is 0 Å². The lowest BCUT2D eigenvalue weighted by Gasteiger charge is -2.03. The van der Waals surface area contributed by atoms with Crippen molar-refractivity contribution < 1.29 is 13.3 Å². The lowest BCUT2D eigenvalue weighted by atomic mass is 10.2. The minimum atomic E-state index is -0.968. The van der Waals surface area contributed by atoms with Crippen molar-refractivity contribution in [2.45, 2.75) is 26.4 Å². The van der Waals surface area contributed by atoms with Gasteiger partial charge in [-0.2, -0.15) is 4.98 Å². The molecular weight excluding hydrogens is 320 g/mol. The Morgan fingerprint density at radius 3 is 2.79 bits per heavy atom. The average molecular weight is 332 g/mol. The summed E-state index contributed by atoms with van der Waals surface area (Å²) in [5.74, 6) is -1.29. The highest BCUT2D eigenvalue weighted by molar-refractivity contribution is 9.10. The molecule has 0 fully saturated rings. The standard InChI is InChI=1S/C12H12BrF2N3O/c1-6(2)16-5-9-17-12(18-19-9)7-3-4-8(14)11(15)10(7)13/h3-4,6,16H,5H2,1-2H3. The van der Waals surface area contributed by atoms with Gasteiger partial charge in [-0.15, -0.1) is 0 Å². The summed E-state index contributed by atoms with van der Waals surface area (Å²) in [6.07, 6.45) is 0. The van der Waals surface area contributed by atoms with Crippen molar-refractivity contribution in [2.75, 3.05) is 0 Å². The van der Waals surface area contributed by atoms with Crippen LogP contribution in [0.1, 0.15) is 19.7 Å². The predicted octanol–water partition coefficient (Wildman–Crippen LogP) is 3.28. The van der Waals surface area contributed by atoms with E-state index in [0.717, 1.165) is 6.07 Å². The lowest BCUT2D eigenvalue weighted by molar-refractivity contribution is 0.362. The third-order valence-electron chi connectivity index (χ3n) is 2.41. The second-order valence-corrected chi connectivity index (χ2v) is 5.06. The summed E-state index contributed by atoms with van der Waals surface area (Å²) in [5.41, 5.74) is 0.346. The highest BCUT2D eigenvalue weighted by Crippen LogP contribution is 2.29. The van der Waals surface area contributed by atoms with Gasteiger partial charge < -0.3 is 9.84 Å². The number of hydrogen-bond acceptors (Lipinski definition) is 4. The second-order valence-electron chi connectivity index (χ2n) is 4.27. The molecule has 2 rings (SSSR count). The topological polar surface area (TPSA) is 51.0 Å². The molecule has 0 aliphatic rings. The molecule has 1 heterocycles. The maximum atomic E-state index is 13.4. The van der Waals surface area contributed by atoms with Gasteiger partial charge in [-0.1, -0.05) is 19.0 Å². The number of nitrogens with zero attached hydrogens (tertiary/aromatic N) is 2. The minimum absolute atomic E-state index is 0.0170. The van der Waals surface area contributed by atoms with E-state index in [-0.39, 0.29) is 16.3 Å². The first-order valence-corrected chi connectivity index (χ1v) is 6.48. The molecule has 19 heavy (non-hydrogen) atoms. The van der Waals surface area contributed by atoms with E-state index in [1.165, 1.54) is 6.07 Å². The van der Waals surface area contributed by atoms with Crippen LogP contribution in [0.5, 0.6) is 0 Å². The van der Waals surface area contributed by atoms with Crippen molar-refractivity contribution in [1.82, 2.24) is 15.5 Å². The smallest absolute Gasteiger partial charge is 0.240 e. The fourth-order valence-electron chi connectivity index (χ4n) is 1.43. The molecule has 0 bridgehead atoms. The van der Waals surface area contributed by atoms with Crippen LogP contribution in [0.2, 0.25) is 0 Å². The van der Waals surface area contributed by atoms with Crippen LogP contribution in [0.25, 0.3) is 11.4 Å². The Hall–Kier alpha value is -1.34. The number of benzene rings is 1. The summed E-state index contributed by atoms with van der Waals surface area (Å²) in [7, 11) is 0. The van der Waals surface area contributed by atoms with Gasteiger partial charge in [-0.05, 0) is 28.1 Å². The third kappa shape index (κ3) is 3.16. The Kier molecular flexibility index (Phi) is 4.26. The fraction of sp³-hybridized carbons (Fsp3) is 0.333. The number of aromatic nitrogens is 2. The van der Waals surface area contributed by atoms with Gasteiger partial charge in [0.1, 0.15) is 0 Å². The maximum Gasteiger partial charge on any atom is 0.240 e. The molecule has 0 saturated carbocycles. The van der Waals surface area contributed by atoms with Crippen molar-refractivity contribution in [2.24, 2.45) is 0 Å². The van der Waals surface area contributed by atoms with Crippen LogP contribution in [-0.2, 0) is 6.54 Å². The molecule has 0 amide bonds. The summed E-state index contributed by atoms with van der Waals surface area (Å²) >= 11 is 2.99. The third-order valence-corrected chi connectivity index (χ3v) is 3.18. The predicted molar refractivity (Wildman–Crippen MR) is 69.3 cm³/mol. The van der Waals surface area contributed by atoms with Crippen molar-refractivity contribution >= 4 is 15.9 Å². The molecule has 0 atom stereocenters. The minimum Gasteiger partial charge on any atom is -0.338 e. The van der Waals surface area contributed by atoms with Gasteiger partial charge in [-0.25, -0.2) is 8.78 Å². The van der Waals surface area contributed by atoms with Crippen LogP contribution in [0.3, 0.4) is 0 Å². The fourth-order valence-corrected chi connectivity index (χ4v) is 1.92. The van der Waals surface area contributed by atoms with Crippen LogP contribution >= 0.6 is 15.9 Å². The van der Waals surface area contributed by atoms with Gasteiger partial charge in [-0.3, -0.25) is 0 Å². The quantitative estimate of drug-likeness (QED) is 0.873. The zero-order chi connectivity index (χ0) is 14.0. The molecule has 0 aliphatic carbocycles. The van der Waals surface area contributed by atoms with Crippen molar-refractivity contribution in [3.63, 3.8) is 0 Å². The number of halogens is 3. The molecule has 1 aromatic carbocycles. The molecule has 7 heteroatoms. The summed E-state index contributed by atoms with van der Waals surface area (Å²) in [6, 6.07) is 2.70. The summed E-state index contributed by atoms with van der Waals surface area (Å²) in [6.45, 7) is 4.40. The van der Waals surface area contributed by atoms with E-state index in [4.69, 9.17) is 4.52 Å². The first-order valence-electron chi connectivity index (χ1n) is 5.69. The van der Waals surface area contributed by atoms with Crippen LogP contribution in [-0.4, -0.2) is 16.2 Å². The number of nitrogens with one attached hydrogen (secondary N) is 1. The normalized spacial score (nSPS) is 11.3. The van der Waals surface area contributed by atoms with Gasteiger partial charge >= 0.3 is 0 Å². The Bertz CT molecular complexity index is 586. The van der Waals surface area contributed by atoms with Crippen LogP contribution < -0.4 is 5.32 Å². The molecule has 1 aromatic heterocycles. The molecule has 4 nitrogen and oxygen atoms in total. The molecule has 0 unspecified atom stereocenters. The average Bonchev–Trinajstić information content (AvgIpc) is 2.82. The van der Waals surface area contributed by atoms with Gasteiger partial charge in [0.15, 0.2) is 11.6 Å². The molecule has 0 spiro atoms. The SMILES string of the molecule is CC(C)NCc1nc(-c2ccc(F)c(F)c2Br)no1. The Labute approximate surface area is 117 Å². The van der Waals surface area contributed by atoms with Crippen LogP contribution in [0.15, 0.2) is 21.1 Å². The van der Waals surface area contributed by atoms with Crippen LogP contribution in [0.4, 0.5) is 8.78 Å². The Morgan fingerprint density at radius 1 is 1.37 bits per heavy atom. The van der Waals surface area contributed by atoms with Gasteiger partial charge in [0.2, 0.25) is 11.7 Å². The summed E-state index contributed by atoms with van der Waals surface area (Å²) in [4.78, 5) is 4.12. The van der Waals surface area contributed by atoms with E-state index >= 15 is 0 Å². The van der Waals surface area contributed by atoms with E-state index in [9.17, 15) is 8.78 Å². The Balaban J connectivity index is 2.26.